The second kappa shape index (κ2) is 4.92. The largest absolute Gasteiger partial charge is 0.476 e. The summed E-state index contributed by atoms with van der Waals surface area (Å²) in [6.07, 6.45) is 1.52. The summed E-state index contributed by atoms with van der Waals surface area (Å²) < 4.78 is 1.67. The Hall–Kier alpha value is -2.29. The van der Waals surface area contributed by atoms with Gasteiger partial charge in [-0.25, -0.2) is 9.78 Å². The van der Waals surface area contributed by atoms with E-state index in [1.54, 1.807) is 11.6 Å². The standard InChI is InChI=1S/C9H9N5O3S/c1-14-4-11-13-6(14)2-10-7(15)8-12-5(3-18-8)9(16)17/h3-4H,2H2,1H3,(H,10,15)(H,16,17). The Morgan fingerprint density at radius 2 is 2.33 bits per heavy atom. The van der Waals surface area contributed by atoms with E-state index in [-0.39, 0.29) is 17.2 Å². The summed E-state index contributed by atoms with van der Waals surface area (Å²) in [6.45, 7) is 0.206. The molecule has 1 amide bonds. The molecule has 0 spiro atoms. The third kappa shape index (κ3) is 2.51. The normalized spacial score (nSPS) is 10.3. The first-order chi connectivity index (χ1) is 8.58. The molecule has 0 aliphatic carbocycles. The van der Waals surface area contributed by atoms with Crippen molar-refractivity contribution < 1.29 is 14.7 Å². The summed E-state index contributed by atoms with van der Waals surface area (Å²) in [5.74, 6) is -0.993. The quantitative estimate of drug-likeness (QED) is 0.800. The lowest BCUT2D eigenvalue weighted by molar-refractivity contribution is 0.0691. The summed E-state index contributed by atoms with van der Waals surface area (Å²) in [6, 6.07) is 0. The maximum atomic E-state index is 11.7. The van der Waals surface area contributed by atoms with Crippen LogP contribution in [0.4, 0.5) is 0 Å². The van der Waals surface area contributed by atoms with E-state index in [1.807, 2.05) is 0 Å². The lowest BCUT2D eigenvalue weighted by Crippen LogP contribution is -2.24. The van der Waals surface area contributed by atoms with Gasteiger partial charge in [0.15, 0.2) is 16.5 Å². The van der Waals surface area contributed by atoms with E-state index >= 15 is 0 Å². The molecule has 8 nitrogen and oxygen atoms in total. The zero-order chi connectivity index (χ0) is 13.1. The van der Waals surface area contributed by atoms with Gasteiger partial charge in [-0.15, -0.1) is 21.5 Å². The molecule has 9 heteroatoms. The van der Waals surface area contributed by atoms with Gasteiger partial charge in [0, 0.05) is 12.4 Å². The molecule has 2 aromatic rings. The molecule has 2 aromatic heterocycles. The Balaban J connectivity index is 1.99. The van der Waals surface area contributed by atoms with Gasteiger partial charge < -0.3 is 15.0 Å². The number of amides is 1. The van der Waals surface area contributed by atoms with Gasteiger partial charge >= 0.3 is 5.97 Å². The average Bonchev–Trinajstić information content (AvgIpc) is 2.94. The Morgan fingerprint density at radius 3 is 2.89 bits per heavy atom. The average molecular weight is 267 g/mol. The van der Waals surface area contributed by atoms with Crippen LogP contribution in [0.1, 0.15) is 26.1 Å². The van der Waals surface area contributed by atoms with Gasteiger partial charge in [0.25, 0.3) is 5.91 Å². The minimum Gasteiger partial charge on any atom is -0.476 e. The van der Waals surface area contributed by atoms with Crippen molar-refractivity contribution in [3.8, 4) is 0 Å². The van der Waals surface area contributed by atoms with Gasteiger partial charge in [-0.3, -0.25) is 4.79 Å². The number of aromatic nitrogens is 4. The second-order valence-electron chi connectivity index (χ2n) is 3.38. The van der Waals surface area contributed by atoms with Crippen LogP contribution in [0, 0.1) is 0 Å². The number of hydrogen-bond donors (Lipinski definition) is 2. The molecule has 0 aliphatic rings. The van der Waals surface area contributed by atoms with Crippen molar-refractivity contribution in [2.75, 3.05) is 0 Å². The Kier molecular flexibility index (Phi) is 3.33. The Bertz CT molecular complexity index is 591. The third-order valence-corrected chi connectivity index (χ3v) is 2.97. The Labute approximate surface area is 105 Å². The van der Waals surface area contributed by atoms with Crippen molar-refractivity contribution in [2.45, 2.75) is 6.54 Å². The van der Waals surface area contributed by atoms with E-state index in [4.69, 9.17) is 5.11 Å². The molecule has 0 aliphatic heterocycles. The molecule has 0 fully saturated rings. The number of carboxylic acids is 1. The van der Waals surface area contributed by atoms with Crippen molar-refractivity contribution in [3.63, 3.8) is 0 Å². The van der Waals surface area contributed by atoms with Gasteiger partial charge in [-0.05, 0) is 0 Å². The third-order valence-electron chi connectivity index (χ3n) is 2.13. The first kappa shape index (κ1) is 12.2. The van der Waals surface area contributed by atoms with Crippen LogP contribution in [0.15, 0.2) is 11.7 Å². The number of nitrogens with zero attached hydrogens (tertiary/aromatic N) is 4. The zero-order valence-electron chi connectivity index (χ0n) is 9.32. The molecule has 2 rings (SSSR count). The number of carboxylic acid groups (broad SMARTS) is 1. The summed E-state index contributed by atoms with van der Waals surface area (Å²) >= 11 is 0.981. The number of aryl methyl sites for hydroxylation is 1. The molecule has 0 atom stereocenters. The van der Waals surface area contributed by atoms with Crippen molar-refractivity contribution in [1.82, 2.24) is 25.1 Å². The molecular formula is C9H9N5O3S. The molecule has 2 N–H and O–H groups in total. The molecule has 0 aromatic carbocycles. The maximum absolute atomic E-state index is 11.7. The van der Waals surface area contributed by atoms with Crippen molar-refractivity contribution in [3.05, 3.63) is 28.2 Å². The number of carbonyl (C=O) groups excluding carboxylic acids is 1. The molecular weight excluding hydrogens is 258 g/mol. The molecule has 0 saturated heterocycles. The predicted molar refractivity (Wildman–Crippen MR) is 61.2 cm³/mol. The molecule has 2 heterocycles. The molecule has 0 bridgehead atoms. The fourth-order valence-electron chi connectivity index (χ4n) is 1.18. The van der Waals surface area contributed by atoms with E-state index in [9.17, 15) is 9.59 Å². The number of carbonyl (C=O) groups is 2. The molecule has 18 heavy (non-hydrogen) atoms. The molecule has 0 unspecified atom stereocenters. The zero-order valence-corrected chi connectivity index (χ0v) is 10.1. The van der Waals surface area contributed by atoms with Crippen LogP contribution in [0.2, 0.25) is 0 Å². The first-order valence-electron chi connectivity index (χ1n) is 4.88. The van der Waals surface area contributed by atoms with Gasteiger partial charge in [0.05, 0.1) is 6.54 Å². The van der Waals surface area contributed by atoms with Gasteiger partial charge in [-0.1, -0.05) is 0 Å². The van der Waals surface area contributed by atoms with Crippen LogP contribution in [0.25, 0.3) is 0 Å². The number of nitrogens with one attached hydrogen (secondary N) is 1. The van der Waals surface area contributed by atoms with E-state index in [0.29, 0.717) is 5.82 Å². The minimum absolute atomic E-state index is 0.106. The van der Waals surface area contributed by atoms with Gasteiger partial charge in [0.2, 0.25) is 0 Å². The fraction of sp³-hybridized carbons (Fsp3) is 0.222. The van der Waals surface area contributed by atoms with Gasteiger partial charge in [0.1, 0.15) is 6.33 Å². The minimum atomic E-state index is -1.15. The first-order valence-corrected chi connectivity index (χ1v) is 5.76. The number of thiazole rings is 1. The second-order valence-corrected chi connectivity index (χ2v) is 4.24. The highest BCUT2D eigenvalue weighted by molar-refractivity contribution is 7.11. The highest BCUT2D eigenvalue weighted by atomic mass is 32.1. The van der Waals surface area contributed by atoms with Crippen LogP contribution in [0.5, 0.6) is 0 Å². The van der Waals surface area contributed by atoms with Crippen molar-refractivity contribution >= 4 is 23.2 Å². The van der Waals surface area contributed by atoms with Crippen LogP contribution in [-0.2, 0) is 13.6 Å². The lowest BCUT2D eigenvalue weighted by atomic mass is 10.5. The van der Waals surface area contributed by atoms with Crippen LogP contribution >= 0.6 is 11.3 Å². The highest BCUT2D eigenvalue weighted by Crippen LogP contribution is 2.09. The lowest BCUT2D eigenvalue weighted by Gasteiger charge is -2.01. The summed E-state index contributed by atoms with van der Waals surface area (Å²) in [4.78, 5) is 26.0. The number of rotatable bonds is 4. The summed E-state index contributed by atoms with van der Waals surface area (Å²) in [5, 5.41) is 20.2. The van der Waals surface area contributed by atoms with Gasteiger partial charge in [-0.2, -0.15) is 0 Å². The Morgan fingerprint density at radius 1 is 1.56 bits per heavy atom. The topological polar surface area (TPSA) is 110 Å². The van der Waals surface area contributed by atoms with Crippen LogP contribution < -0.4 is 5.32 Å². The van der Waals surface area contributed by atoms with E-state index < -0.39 is 11.9 Å². The van der Waals surface area contributed by atoms with E-state index in [2.05, 4.69) is 20.5 Å². The molecule has 94 valence electrons. The SMILES string of the molecule is Cn1cnnc1CNC(=O)c1nc(C(=O)O)cs1. The fourth-order valence-corrected chi connectivity index (χ4v) is 1.89. The summed E-state index contributed by atoms with van der Waals surface area (Å²) in [5.41, 5.74) is -0.135. The van der Waals surface area contributed by atoms with Crippen molar-refractivity contribution in [1.29, 1.82) is 0 Å². The van der Waals surface area contributed by atoms with E-state index in [0.717, 1.165) is 11.3 Å². The highest BCUT2D eigenvalue weighted by Gasteiger charge is 2.14. The predicted octanol–water partition coefficient (Wildman–Crippen LogP) is -0.100. The summed E-state index contributed by atoms with van der Waals surface area (Å²) in [7, 11) is 1.76. The van der Waals surface area contributed by atoms with E-state index in [1.165, 1.54) is 11.7 Å². The van der Waals surface area contributed by atoms with Crippen LogP contribution in [-0.4, -0.2) is 36.7 Å². The van der Waals surface area contributed by atoms with Crippen molar-refractivity contribution in [2.24, 2.45) is 7.05 Å². The molecule has 0 radical (unpaired) electrons. The smallest absolute Gasteiger partial charge is 0.355 e. The number of hydrogen-bond acceptors (Lipinski definition) is 6. The monoisotopic (exact) mass is 267 g/mol. The van der Waals surface area contributed by atoms with Crippen LogP contribution in [0.3, 0.4) is 0 Å². The maximum Gasteiger partial charge on any atom is 0.355 e. The number of aromatic carboxylic acids is 1. The molecule has 0 saturated carbocycles.